The molecular weight excluding hydrogens is 352 g/mol. The molecular formula is C28H28O. The lowest BCUT2D eigenvalue weighted by Crippen LogP contribution is -2.11. The number of allylic oxidation sites excluding steroid dienone is 3. The largest absolute Gasteiger partial charge is 0.384 e. The number of aliphatic hydroxyl groups excluding tert-OH is 1. The van der Waals surface area contributed by atoms with Gasteiger partial charge in [0.1, 0.15) is 0 Å². The zero-order valence-electron chi connectivity index (χ0n) is 17.2. The zero-order chi connectivity index (χ0) is 20.3. The predicted octanol–water partition coefficient (Wildman–Crippen LogP) is 6.76. The molecule has 29 heavy (non-hydrogen) atoms. The van der Waals surface area contributed by atoms with E-state index in [1.807, 2.05) is 30.3 Å². The molecule has 0 radical (unpaired) electrons. The van der Waals surface area contributed by atoms with Crippen molar-refractivity contribution in [3.63, 3.8) is 0 Å². The topological polar surface area (TPSA) is 20.2 Å². The minimum Gasteiger partial charge on any atom is -0.384 e. The monoisotopic (exact) mass is 380 g/mol. The highest BCUT2D eigenvalue weighted by atomic mass is 16.3. The van der Waals surface area contributed by atoms with Crippen molar-refractivity contribution < 1.29 is 5.11 Å². The first-order valence-corrected chi connectivity index (χ1v) is 10.5. The summed E-state index contributed by atoms with van der Waals surface area (Å²) in [6.45, 7) is 4.46. The van der Waals surface area contributed by atoms with E-state index in [2.05, 4.69) is 80.6 Å². The van der Waals surface area contributed by atoms with E-state index in [4.69, 9.17) is 0 Å². The third-order valence-electron chi connectivity index (χ3n) is 6.07. The van der Waals surface area contributed by atoms with Crippen LogP contribution in [-0.2, 0) is 5.41 Å². The number of rotatable bonds is 6. The molecule has 0 aliphatic heterocycles. The Balaban J connectivity index is 1.95. The molecule has 1 unspecified atom stereocenters. The van der Waals surface area contributed by atoms with E-state index in [1.54, 1.807) is 0 Å². The van der Waals surface area contributed by atoms with Crippen molar-refractivity contribution in [3.05, 3.63) is 130 Å². The van der Waals surface area contributed by atoms with Crippen molar-refractivity contribution in [2.24, 2.45) is 0 Å². The van der Waals surface area contributed by atoms with Crippen molar-refractivity contribution in [1.82, 2.24) is 0 Å². The normalized spacial score (nSPS) is 17.2. The Bertz CT molecular complexity index is 968. The van der Waals surface area contributed by atoms with Gasteiger partial charge in [0.05, 0.1) is 11.5 Å². The summed E-state index contributed by atoms with van der Waals surface area (Å²) in [5.41, 5.74) is 7.29. The number of aliphatic hydroxyl groups is 1. The summed E-state index contributed by atoms with van der Waals surface area (Å²) in [4.78, 5) is 0. The Morgan fingerprint density at radius 1 is 0.759 bits per heavy atom. The van der Waals surface area contributed by atoms with Crippen LogP contribution in [0.3, 0.4) is 0 Å². The minimum absolute atomic E-state index is 0.264. The van der Waals surface area contributed by atoms with Crippen LogP contribution in [0.15, 0.2) is 114 Å². The molecule has 1 saturated carbocycles. The van der Waals surface area contributed by atoms with Gasteiger partial charge in [-0.15, -0.1) is 0 Å². The summed E-state index contributed by atoms with van der Waals surface area (Å²) in [5, 5.41) is 11.0. The average molecular weight is 381 g/mol. The first-order chi connectivity index (χ1) is 14.2. The lowest BCUT2D eigenvalue weighted by molar-refractivity contribution is 0.228. The van der Waals surface area contributed by atoms with Crippen molar-refractivity contribution in [2.75, 3.05) is 0 Å². The predicted molar refractivity (Wildman–Crippen MR) is 121 cm³/mol. The molecule has 0 bridgehead atoms. The van der Waals surface area contributed by atoms with Gasteiger partial charge in [-0.05, 0) is 46.8 Å². The first kappa shape index (κ1) is 19.4. The fraction of sp³-hybridized carbons (Fsp3) is 0.214. The molecule has 3 aromatic rings. The number of benzene rings is 3. The van der Waals surface area contributed by atoms with Crippen molar-refractivity contribution >= 4 is 0 Å². The van der Waals surface area contributed by atoms with Crippen LogP contribution >= 0.6 is 0 Å². The molecule has 1 heteroatoms. The maximum Gasteiger partial charge on any atom is 0.0978 e. The van der Waals surface area contributed by atoms with Crippen LogP contribution < -0.4 is 0 Å². The van der Waals surface area contributed by atoms with Gasteiger partial charge in [0.15, 0.2) is 0 Å². The van der Waals surface area contributed by atoms with Crippen LogP contribution in [0.1, 0.15) is 49.5 Å². The van der Waals surface area contributed by atoms with Crippen molar-refractivity contribution in [1.29, 1.82) is 0 Å². The second-order valence-corrected chi connectivity index (χ2v) is 7.60. The van der Waals surface area contributed by atoms with Crippen LogP contribution in [0.2, 0.25) is 0 Å². The van der Waals surface area contributed by atoms with Gasteiger partial charge in [0, 0.05) is 0 Å². The standard InChI is InChI=1S/C28H28O/c1-3-21(4-2)27-25(20-26(29)22-14-8-5-9-15-22)28(27,23-16-10-6-11-17-23)24-18-12-7-13-19-24/h5-20,26,29H,3-4H2,1-2H3/b25-20-. The third kappa shape index (κ3) is 3.36. The second kappa shape index (κ2) is 8.23. The van der Waals surface area contributed by atoms with Gasteiger partial charge in [-0.3, -0.25) is 0 Å². The van der Waals surface area contributed by atoms with Gasteiger partial charge in [0.2, 0.25) is 0 Å². The summed E-state index contributed by atoms with van der Waals surface area (Å²) in [7, 11) is 0. The minimum atomic E-state index is -0.620. The molecule has 0 aromatic heterocycles. The van der Waals surface area contributed by atoms with Crippen LogP contribution in [-0.4, -0.2) is 5.11 Å². The molecule has 1 N–H and O–H groups in total. The van der Waals surface area contributed by atoms with Gasteiger partial charge in [-0.25, -0.2) is 0 Å². The SMILES string of the molecule is CCC(CC)=C1/C(=C/C(O)c2ccccc2)C1(c1ccccc1)c1ccccc1. The fourth-order valence-corrected chi connectivity index (χ4v) is 4.62. The Morgan fingerprint density at radius 3 is 1.66 bits per heavy atom. The molecule has 1 aliphatic rings. The molecule has 1 nitrogen and oxygen atoms in total. The number of hydrogen-bond acceptors (Lipinski definition) is 1. The van der Waals surface area contributed by atoms with E-state index in [1.165, 1.54) is 27.8 Å². The molecule has 1 aliphatic carbocycles. The van der Waals surface area contributed by atoms with Gasteiger partial charge in [0.25, 0.3) is 0 Å². The van der Waals surface area contributed by atoms with Gasteiger partial charge >= 0.3 is 0 Å². The van der Waals surface area contributed by atoms with E-state index in [9.17, 15) is 5.11 Å². The highest BCUT2D eigenvalue weighted by Crippen LogP contribution is 2.65. The van der Waals surface area contributed by atoms with Gasteiger partial charge in [-0.2, -0.15) is 0 Å². The summed E-state index contributed by atoms with van der Waals surface area (Å²) in [5.74, 6) is 0. The number of hydrogen-bond donors (Lipinski definition) is 1. The van der Waals surface area contributed by atoms with E-state index < -0.39 is 6.10 Å². The summed E-state index contributed by atoms with van der Waals surface area (Å²) < 4.78 is 0. The van der Waals surface area contributed by atoms with E-state index in [0.29, 0.717) is 0 Å². The smallest absolute Gasteiger partial charge is 0.0978 e. The molecule has 0 saturated heterocycles. The van der Waals surface area contributed by atoms with Crippen LogP contribution in [0, 0.1) is 0 Å². The summed E-state index contributed by atoms with van der Waals surface area (Å²) >= 11 is 0. The first-order valence-electron chi connectivity index (χ1n) is 10.5. The summed E-state index contributed by atoms with van der Waals surface area (Å²) in [6, 6.07) is 31.3. The molecule has 0 heterocycles. The molecule has 1 fully saturated rings. The van der Waals surface area contributed by atoms with E-state index >= 15 is 0 Å². The Hall–Kier alpha value is -2.90. The average Bonchev–Trinajstić information content (AvgIpc) is 3.45. The van der Waals surface area contributed by atoms with Crippen LogP contribution in [0.25, 0.3) is 0 Å². The maximum atomic E-state index is 11.0. The van der Waals surface area contributed by atoms with Crippen molar-refractivity contribution in [3.8, 4) is 0 Å². The lowest BCUT2D eigenvalue weighted by atomic mass is 9.85. The van der Waals surface area contributed by atoms with Gasteiger partial charge < -0.3 is 5.11 Å². The maximum absolute atomic E-state index is 11.0. The van der Waals surface area contributed by atoms with E-state index in [-0.39, 0.29) is 5.41 Å². The van der Waals surface area contributed by atoms with Gasteiger partial charge in [-0.1, -0.05) is 110 Å². The molecule has 4 rings (SSSR count). The quantitative estimate of drug-likeness (QED) is 0.501. The highest BCUT2D eigenvalue weighted by molar-refractivity contribution is 5.81. The van der Waals surface area contributed by atoms with Crippen LogP contribution in [0.5, 0.6) is 0 Å². The van der Waals surface area contributed by atoms with Crippen LogP contribution in [0.4, 0.5) is 0 Å². The lowest BCUT2D eigenvalue weighted by Gasteiger charge is -2.17. The fourth-order valence-electron chi connectivity index (χ4n) is 4.62. The highest BCUT2D eigenvalue weighted by Gasteiger charge is 2.58. The zero-order valence-corrected chi connectivity index (χ0v) is 17.2. The summed E-state index contributed by atoms with van der Waals surface area (Å²) in [6.07, 6.45) is 3.49. The Labute approximate surface area is 174 Å². The van der Waals surface area contributed by atoms with E-state index in [0.717, 1.165) is 18.4 Å². The Morgan fingerprint density at radius 2 is 1.21 bits per heavy atom. The molecule has 0 amide bonds. The molecule has 1 atom stereocenters. The molecule has 146 valence electrons. The molecule has 0 spiro atoms. The van der Waals surface area contributed by atoms with Crippen molar-refractivity contribution in [2.45, 2.75) is 38.2 Å². The third-order valence-corrected chi connectivity index (χ3v) is 6.07. The second-order valence-electron chi connectivity index (χ2n) is 7.60. The Kier molecular flexibility index (Phi) is 5.51. The molecule has 3 aromatic carbocycles.